The van der Waals surface area contributed by atoms with E-state index in [9.17, 15) is 9.59 Å². The van der Waals surface area contributed by atoms with Crippen LogP contribution >= 0.6 is 0 Å². The minimum absolute atomic E-state index is 0.0187. The van der Waals surface area contributed by atoms with Crippen LogP contribution in [0.3, 0.4) is 0 Å². The average molecular weight is 338 g/mol. The van der Waals surface area contributed by atoms with Crippen LogP contribution in [0.25, 0.3) is 0 Å². The number of hydrogen-bond donors (Lipinski definition) is 1. The van der Waals surface area contributed by atoms with Gasteiger partial charge in [0, 0.05) is 17.4 Å². The quantitative estimate of drug-likeness (QED) is 0.870. The number of fused-ring (bicyclic) bond motifs is 1. The highest BCUT2D eigenvalue weighted by molar-refractivity contribution is 6.01. The Balaban J connectivity index is 1.78. The third kappa shape index (κ3) is 3.22. The first-order valence-corrected chi connectivity index (χ1v) is 8.34. The molecule has 1 heterocycles. The molecule has 0 aliphatic carbocycles. The monoisotopic (exact) mass is 338 g/mol. The first-order chi connectivity index (χ1) is 12.0. The fourth-order valence-corrected chi connectivity index (χ4v) is 3.39. The minimum Gasteiger partial charge on any atom is -0.465 e. The molecule has 1 atom stereocenters. The number of nitrogens with one attached hydrogen (secondary N) is 1. The van der Waals surface area contributed by atoms with Gasteiger partial charge in [0.15, 0.2) is 0 Å². The lowest BCUT2D eigenvalue weighted by Crippen LogP contribution is -2.39. The van der Waals surface area contributed by atoms with Crippen LogP contribution in [0.5, 0.6) is 0 Å². The number of carbonyl (C=O) groups excluding carboxylic acids is 2. The maximum absolute atomic E-state index is 12.8. The standard InChI is InChI=1S/C20H22N2O3/c1-13-7-6-9-16(19(13)20(24)25-3)21-12-18(23)22-14(2)11-15-8-4-5-10-17(15)22/h4-10,14,21H,11-12H2,1-3H3. The van der Waals surface area contributed by atoms with Crippen molar-refractivity contribution in [3.05, 3.63) is 59.2 Å². The van der Waals surface area contributed by atoms with E-state index in [1.807, 2.05) is 49.1 Å². The molecule has 1 unspecified atom stereocenters. The molecule has 0 saturated heterocycles. The Morgan fingerprint density at radius 1 is 1.20 bits per heavy atom. The average Bonchev–Trinajstić information content (AvgIpc) is 2.94. The second kappa shape index (κ2) is 6.97. The second-order valence-electron chi connectivity index (χ2n) is 6.29. The number of methoxy groups -OCH3 is 1. The molecule has 1 N–H and O–H groups in total. The van der Waals surface area contributed by atoms with E-state index < -0.39 is 5.97 Å². The van der Waals surface area contributed by atoms with E-state index in [-0.39, 0.29) is 18.5 Å². The molecule has 5 nitrogen and oxygen atoms in total. The van der Waals surface area contributed by atoms with Gasteiger partial charge in [0.25, 0.3) is 0 Å². The molecule has 0 saturated carbocycles. The first kappa shape index (κ1) is 17.0. The molecule has 0 fully saturated rings. The number of para-hydroxylation sites is 1. The summed E-state index contributed by atoms with van der Waals surface area (Å²) in [5.74, 6) is -0.428. The van der Waals surface area contributed by atoms with Crippen molar-refractivity contribution in [3.8, 4) is 0 Å². The van der Waals surface area contributed by atoms with E-state index in [4.69, 9.17) is 4.74 Å². The van der Waals surface area contributed by atoms with E-state index >= 15 is 0 Å². The molecule has 5 heteroatoms. The van der Waals surface area contributed by atoms with E-state index in [1.54, 1.807) is 6.07 Å². The zero-order valence-electron chi connectivity index (χ0n) is 14.7. The van der Waals surface area contributed by atoms with Crippen molar-refractivity contribution in [2.75, 3.05) is 23.9 Å². The summed E-state index contributed by atoms with van der Waals surface area (Å²) in [7, 11) is 1.35. The number of nitrogens with zero attached hydrogens (tertiary/aromatic N) is 1. The third-order valence-electron chi connectivity index (χ3n) is 4.57. The number of carbonyl (C=O) groups is 2. The van der Waals surface area contributed by atoms with E-state index in [0.29, 0.717) is 11.3 Å². The Kier molecular flexibility index (Phi) is 4.74. The van der Waals surface area contributed by atoms with Gasteiger partial charge in [0.1, 0.15) is 0 Å². The number of ether oxygens (including phenoxy) is 1. The Labute approximate surface area is 147 Å². The first-order valence-electron chi connectivity index (χ1n) is 8.34. The summed E-state index contributed by atoms with van der Waals surface area (Å²) < 4.78 is 4.85. The van der Waals surface area contributed by atoms with Crippen molar-refractivity contribution in [2.24, 2.45) is 0 Å². The minimum atomic E-state index is -0.409. The van der Waals surface area contributed by atoms with Gasteiger partial charge in [-0.25, -0.2) is 4.79 Å². The molecule has 130 valence electrons. The maximum Gasteiger partial charge on any atom is 0.340 e. The lowest BCUT2D eigenvalue weighted by molar-refractivity contribution is -0.117. The summed E-state index contributed by atoms with van der Waals surface area (Å²) >= 11 is 0. The van der Waals surface area contributed by atoms with Crippen LogP contribution in [-0.4, -0.2) is 31.6 Å². The van der Waals surface area contributed by atoms with Gasteiger partial charge in [0.05, 0.1) is 19.2 Å². The van der Waals surface area contributed by atoms with Crippen molar-refractivity contribution in [1.82, 2.24) is 0 Å². The molecule has 25 heavy (non-hydrogen) atoms. The molecular weight excluding hydrogens is 316 g/mol. The topological polar surface area (TPSA) is 58.6 Å². The van der Waals surface area contributed by atoms with E-state index in [0.717, 1.165) is 17.7 Å². The van der Waals surface area contributed by atoms with E-state index in [2.05, 4.69) is 11.4 Å². The Morgan fingerprint density at radius 2 is 1.96 bits per heavy atom. The zero-order chi connectivity index (χ0) is 18.0. The molecule has 0 spiro atoms. The Hall–Kier alpha value is -2.82. The molecule has 1 aliphatic heterocycles. The number of anilines is 2. The smallest absolute Gasteiger partial charge is 0.340 e. The van der Waals surface area contributed by atoms with Gasteiger partial charge in [-0.3, -0.25) is 4.79 Å². The Morgan fingerprint density at radius 3 is 2.72 bits per heavy atom. The summed E-state index contributed by atoms with van der Waals surface area (Å²) in [4.78, 5) is 26.6. The highest BCUT2D eigenvalue weighted by atomic mass is 16.5. The molecule has 2 aromatic carbocycles. The molecule has 3 rings (SSSR count). The zero-order valence-corrected chi connectivity index (χ0v) is 14.7. The van der Waals surface area contributed by atoms with Gasteiger partial charge in [-0.1, -0.05) is 30.3 Å². The lowest BCUT2D eigenvalue weighted by atomic mass is 10.1. The van der Waals surface area contributed by atoms with Gasteiger partial charge in [0.2, 0.25) is 5.91 Å². The molecule has 1 amide bonds. The molecule has 2 aromatic rings. The van der Waals surface area contributed by atoms with Crippen LogP contribution < -0.4 is 10.2 Å². The fourth-order valence-electron chi connectivity index (χ4n) is 3.39. The van der Waals surface area contributed by atoms with Crippen LogP contribution in [-0.2, 0) is 16.0 Å². The lowest BCUT2D eigenvalue weighted by Gasteiger charge is -2.23. The number of hydrogen-bond acceptors (Lipinski definition) is 4. The SMILES string of the molecule is COC(=O)c1c(C)cccc1NCC(=O)N1c2ccccc2CC1C. The summed E-state index contributed by atoms with van der Waals surface area (Å²) in [5.41, 5.74) is 4.05. The van der Waals surface area contributed by atoms with Crippen LogP contribution in [0, 0.1) is 6.92 Å². The summed E-state index contributed by atoms with van der Waals surface area (Å²) in [6.45, 7) is 4.01. The van der Waals surface area contributed by atoms with Crippen LogP contribution in [0.2, 0.25) is 0 Å². The van der Waals surface area contributed by atoms with Gasteiger partial charge in [-0.2, -0.15) is 0 Å². The maximum atomic E-state index is 12.8. The predicted molar refractivity (Wildman–Crippen MR) is 98.1 cm³/mol. The molecule has 0 bridgehead atoms. The highest BCUT2D eigenvalue weighted by Gasteiger charge is 2.30. The van der Waals surface area contributed by atoms with Gasteiger partial charge in [-0.15, -0.1) is 0 Å². The largest absolute Gasteiger partial charge is 0.465 e. The van der Waals surface area contributed by atoms with Crippen molar-refractivity contribution in [2.45, 2.75) is 26.3 Å². The van der Waals surface area contributed by atoms with Crippen LogP contribution in [0.4, 0.5) is 11.4 Å². The number of benzene rings is 2. The second-order valence-corrected chi connectivity index (χ2v) is 6.29. The third-order valence-corrected chi connectivity index (χ3v) is 4.57. The molecular formula is C20H22N2O3. The van der Waals surface area contributed by atoms with Crippen LogP contribution in [0.1, 0.15) is 28.4 Å². The van der Waals surface area contributed by atoms with Gasteiger partial charge >= 0.3 is 5.97 Å². The normalized spacial score (nSPS) is 15.6. The van der Waals surface area contributed by atoms with Crippen molar-refractivity contribution in [3.63, 3.8) is 0 Å². The van der Waals surface area contributed by atoms with Gasteiger partial charge < -0.3 is 15.0 Å². The molecule has 1 aliphatic rings. The predicted octanol–water partition coefficient (Wildman–Crippen LogP) is 3.17. The van der Waals surface area contributed by atoms with Crippen molar-refractivity contribution >= 4 is 23.3 Å². The van der Waals surface area contributed by atoms with Gasteiger partial charge in [-0.05, 0) is 43.5 Å². The number of aryl methyl sites for hydroxylation is 1. The number of rotatable bonds is 4. The van der Waals surface area contributed by atoms with Crippen LogP contribution in [0.15, 0.2) is 42.5 Å². The number of amides is 1. The summed E-state index contributed by atoms with van der Waals surface area (Å²) in [5, 5.41) is 3.11. The highest BCUT2D eigenvalue weighted by Crippen LogP contribution is 2.32. The fraction of sp³-hybridized carbons (Fsp3) is 0.300. The van der Waals surface area contributed by atoms with Crippen molar-refractivity contribution in [1.29, 1.82) is 0 Å². The van der Waals surface area contributed by atoms with E-state index in [1.165, 1.54) is 12.7 Å². The molecule has 0 aromatic heterocycles. The number of esters is 1. The van der Waals surface area contributed by atoms with Crippen molar-refractivity contribution < 1.29 is 14.3 Å². The summed E-state index contributed by atoms with van der Waals surface area (Å²) in [6.07, 6.45) is 0.861. The Bertz CT molecular complexity index is 816. The molecule has 0 radical (unpaired) electrons. The summed E-state index contributed by atoms with van der Waals surface area (Å²) in [6, 6.07) is 13.6.